The molecule has 1 rings (SSSR count). The van der Waals surface area contributed by atoms with Crippen LogP contribution in [0.5, 0.6) is 5.75 Å². The van der Waals surface area contributed by atoms with Crippen molar-refractivity contribution in [2.45, 2.75) is 32.3 Å². The third-order valence-electron chi connectivity index (χ3n) is 3.22. The molecule has 0 saturated carbocycles. The first-order valence-corrected chi connectivity index (χ1v) is 6.20. The minimum Gasteiger partial charge on any atom is -0.483 e. The van der Waals surface area contributed by atoms with Crippen molar-refractivity contribution in [1.82, 2.24) is 0 Å². The maximum atomic E-state index is 11.1. The first-order valence-electron chi connectivity index (χ1n) is 6.20. The molecule has 0 aromatic heterocycles. The summed E-state index contributed by atoms with van der Waals surface area (Å²) in [5, 5.41) is 30.1. The molecule has 0 heterocycles. The number of ether oxygens (including phenoxy) is 1. The third kappa shape index (κ3) is 3.45. The van der Waals surface area contributed by atoms with Gasteiger partial charge in [0.1, 0.15) is 12.2 Å². The second-order valence-corrected chi connectivity index (χ2v) is 4.44. The summed E-state index contributed by atoms with van der Waals surface area (Å²) >= 11 is 0. The monoisotopic (exact) mass is 283 g/mol. The molecule has 1 aromatic carbocycles. The van der Waals surface area contributed by atoms with Gasteiger partial charge in [-0.05, 0) is 18.9 Å². The van der Waals surface area contributed by atoms with Crippen LogP contribution in [0.1, 0.15) is 37.0 Å². The normalized spacial score (nSPS) is 11.2. The van der Waals surface area contributed by atoms with Crippen molar-refractivity contribution in [3.05, 3.63) is 33.9 Å². The van der Waals surface area contributed by atoms with E-state index < -0.39 is 22.2 Å². The molecule has 1 aromatic rings. The van der Waals surface area contributed by atoms with Crippen LogP contribution in [0.15, 0.2) is 18.2 Å². The van der Waals surface area contributed by atoms with Gasteiger partial charge in [-0.15, -0.1) is 0 Å². The fraction of sp³-hybridized carbons (Fsp3) is 0.462. The minimum absolute atomic E-state index is 0.203. The highest BCUT2D eigenvalue weighted by Gasteiger charge is 2.28. The second-order valence-electron chi connectivity index (χ2n) is 4.44. The number of nitro benzene ring substituents is 1. The van der Waals surface area contributed by atoms with Crippen molar-refractivity contribution in [3.8, 4) is 5.75 Å². The molecular formula is C13H17NO6. The highest BCUT2D eigenvalue weighted by atomic mass is 16.6. The predicted molar refractivity (Wildman–Crippen MR) is 71.1 cm³/mol. The number of rotatable bonds is 7. The highest BCUT2D eigenvalue weighted by Crippen LogP contribution is 2.32. The summed E-state index contributed by atoms with van der Waals surface area (Å²) in [6.07, 6.45) is 0.791. The number of para-hydroxylation sites is 1. The topological polar surface area (TPSA) is 110 Å². The fourth-order valence-electron chi connectivity index (χ4n) is 1.65. The Morgan fingerprint density at radius 1 is 1.40 bits per heavy atom. The van der Waals surface area contributed by atoms with E-state index in [0.29, 0.717) is 12.8 Å². The molecule has 2 N–H and O–H groups in total. The van der Waals surface area contributed by atoms with E-state index in [2.05, 4.69) is 0 Å². The number of benzene rings is 1. The maximum Gasteiger partial charge on any atom is 0.339 e. The van der Waals surface area contributed by atoms with E-state index >= 15 is 0 Å². The van der Waals surface area contributed by atoms with Crippen molar-refractivity contribution in [2.75, 3.05) is 6.61 Å². The SMILES string of the molecule is CCC(O)(CC)COc1c(C(=O)O)cccc1[N+](=O)[O-]. The van der Waals surface area contributed by atoms with E-state index in [9.17, 15) is 20.0 Å². The number of carboxylic acids is 1. The van der Waals surface area contributed by atoms with Gasteiger partial charge in [0.25, 0.3) is 0 Å². The van der Waals surface area contributed by atoms with Crippen LogP contribution in [0, 0.1) is 10.1 Å². The van der Waals surface area contributed by atoms with Crippen molar-refractivity contribution in [1.29, 1.82) is 0 Å². The second kappa shape index (κ2) is 6.33. The molecule has 7 heteroatoms. The van der Waals surface area contributed by atoms with Gasteiger partial charge in [-0.1, -0.05) is 19.9 Å². The molecular weight excluding hydrogens is 266 g/mol. The van der Waals surface area contributed by atoms with Gasteiger partial charge in [-0.3, -0.25) is 10.1 Å². The quantitative estimate of drug-likeness (QED) is 0.586. The van der Waals surface area contributed by atoms with Crippen molar-refractivity contribution < 1.29 is 24.7 Å². The first kappa shape index (κ1) is 15.9. The van der Waals surface area contributed by atoms with Crippen LogP contribution < -0.4 is 4.74 Å². The number of hydrogen-bond acceptors (Lipinski definition) is 5. The summed E-state index contributed by atoms with van der Waals surface area (Å²) < 4.78 is 5.27. The first-order chi connectivity index (χ1) is 9.34. The van der Waals surface area contributed by atoms with Gasteiger partial charge in [0.05, 0.1) is 10.5 Å². The number of carbonyl (C=O) groups is 1. The number of aliphatic hydroxyl groups is 1. The van der Waals surface area contributed by atoms with Gasteiger partial charge >= 0.3 is 11.7 Å². The van der Waals surface area contributed by atoms with E-state index in [1.54, 1.807) is 13.8 Å². The zero-order chi connectivity index (χ0) is 15.3. The van der Waals surface area contributed by atoms with Gasteiger partial charge in [0, 0.05) is 6.07 Å². The van der Waals surface area contributed by atoms with E-state index in [-0.39, 0.29) is 17.9 Å². The molecule has 0 unspecified atom stereocenters. The molecule has 20 heavy (non-hydrogen) atoms. The number of hydrogen-bond donors (Lipinski definition) is 2. The standard InChI is InChI=1S/C13H17NO6/c1-3-13(17,4-2)8-20-11-9(12(15)16)6-5-7-10(11)14(18)19/h5-7,17H,3-4,8H2,1-2H3,(H,15,16). The van der Waals surface area contributed by atoms with E-state index in [1.165, 1.54) is 18.2 Å². The molecule has 0 amide bonds. The summed E-state index contributed by atoms with van der Waals surface area (Å²) in [5.74, 6) is -1.65. The molecule has 0 saturated heterocycles. The average Bonchev–Trinajstić information content (AvgIpc) is 2.44. The lowest BCUT2D eigenvalue weighted by Crippen LogP contribution is -2.34. The highest BCUT2D eigenvalue weighted by molar-refractivity contribution is 5.92. The fourth-order valence-corrected chi connectivity index (χ4v) is 1.65. The Labute approximate surface area is 116 Å². The van der Waals surface area contributed by atoms with Crippen LogP contribution in [0.2, 0.25) is 0 Å². The Morgan fingerprint density at radius 3 is 2.45 bits per heavy atom. The molecule has 0 aliphatic heterocycles. The molecule has 0 fully saturated rings. The molecule has 110 valence electrons. The zero-order valence-corrected chi connectivity index (χ0v) is 11.3. The summed E-state index contributed by atoms with van der Waals surface area (Å²) in [6, 6.07) is 3.67. The molecule has 0 spiro atoms. The van der Waals surface area contributed by atoms with E-state index in [4.69, 9.17) is 9.84 Å². The summed E-state index contributed by atoms with van der Waals surface area (Å²) in [4.78, 5) is 21.3. The number of nitro groups is 1. The Kier molecular flexibility index (Phi) is 5.04. The van der Waals surface area contributed by atoms with Crippen LogP contribution in [-0.2, 0) is 0 Å². The van der Waals surface area contributed by atoms with Crippen LogP contribution in [0.4, 0.5) is 5.69 Å². The maximum absolute atomic E-state index is 11.1. The number of carboxylic acid groups (broad SMARTS) is 1. The van der Waals surface area contributed by atoms with Crippen LogP contribution >= 0.6 is 0 Å². The van der Waals surface area contributed by atoms with Gasteiger partial charge in [-0.2, -0.15) is 0 Å². The van der Waals surface area contributed by atoms with E-state index in [1.807, 2.05) is 0 Å². The molecule has 0 aliphatic rings. The molecule has 0 aliphatic carbocycles. The lowest BCUT2D eigenvalue weighted by atomic mass is 9.99. The lowest BCUT2D eigenvalue weighted by Gasteiger charge is -2.25. The van der Waals surface area contributed by atoms with Gasteiger partial charge in [0.2, 0.25) is 5.75 Å². The van der Waals surface area contributed by atoms with Gasteiger partial charge in [-0.25, -0.2) is 4.79 Å². The van der Waals surface area contributed by atoms with Crippen LogP contribution in [0.3, 0.4) is 0 Å². The zero-order valence-electron chi connectivity index (χ0n) is 11.3. The Hall–Kier alpha value is -2.15. The van der Waals surface area contributed by atoms with Gasteiger partial charge in [0.15, 0.2) is 0 Å². The van der Waals surface area contributed by atoms with Crippen LogP contribution in [-0.4, -0.2) is 33.3 Å². The Bertz CT molecular complexity index is 477. The Morgan fingerprint density at radius 2 is 2.00 bits per heavy atom. The third-order valence-corrected chi connectivity index (χ3v) is 3.22. The van der Waals surface area contributed by atoms with E-state index in [0.717, 1.165) is 0 Å². The van der Waals surface area contributed by atoms with Crippen molar-refractivity contribution >= 4 is 11.7 Å². The molecule has 0 atom stereocenters. The predicted octanol–water partition coefficient (Wildman–Crippen LogP) is 2.22. The lowest BCUT2D eigenvalue weighted by molar-refractivity contribution is -0.386. The average molecular weight is 283 g/mol. The largest absolute Gasteiger partial charge is 0.483 e. The molecule has 0 radical (unpaired) electrons. The Balaban J connectivity index is 3.15. The van der Waals surface area contributed by atoms with Crippen LogP contribution in [0.25, 0.3) is 0 Å². The summed E-state index contributed by atoms with van der Waals surface area (Å²) in [5.41, 5.74) is -1.87. The number of aromatic carboxylic acids is 1. The number of nitrogens with zero attached hydrogens (tertiary/aromatic N) is 1. The van der Waals surface area contributed by atoms with Gasteiger partial charge < -0.3 is 14.9 Å². The smallest absolute Gasteiger partial charge is 0.339 e. The summed E-state index contributed by atoms with van der Waals surface area (Å²) in [7, 11) is 0. The molecule has 0 bridgehead atoms. The van der Waals surface area contributed by atoms with Crippen molar-refractivity contribution in [2.24, 2.45) is 0 Å². The molecule has 7 nitrogen and oxygen atoms in total. The minimum atomic E-state index is -1.32. The summed E-state index contributed by atoms with van der Waals surface area (Å²) in [6.45, 7) is 3.31. The van der Waals surface area contributed by atoms with Crippen molar-refractivity contribution in [3.63, 3.8) is 0 Å².